The molecule has 5 rings (SSSR count). The van der Waals surface area contributed by atoms with Crippen molar-refractivity contribution in [2.45, 2.75) is 76.6 Å². The van der Waals surface area contributed by atoms with Crippen LogP contribution in [0.2, 0.25) is 5.02 Å². The maximum atomic E-state index is 14.4. The van der Waals surface area contributed by atoms with Gasteiger partial charge >= 0.3 is 0 Å². The number of benzene rings is 3. The molecule has 0 saturated heterocycles. The molecule has 1 atom stereocenters. The number of rotatable bonds is 15. The van der Waals surface area contributed by atoms with Crippen molar-refractivity contribution < 1.29 is 9.18 Å². The first kappa shape index (κ1) is 39.8. The van der Waals surface area contributed by atoms with Gasteiger partial charge in [-0.3, -0.25) is 19.6 Å². The van der Waals surface area contributed by atoms with Gasteiger partial charge in [0.1, 0.15) is 12.4 Å². The van der Waals surface area contributed by atoms with E-state index in [1.807, 2.05) is 36.1 Å². The highest BCUT2D eigenvalue weighted by Gasteiger charge is 2.23. The van der Waals surface area contributed by atoms with Crippen LogP contribution in [0.5, 0.6) is 0 Å². The fourth-order valence-corrected chi connectivity index (χ4v) is 7.02. The molecule has 0 aliphatic carbocycles. The second-order valence-corrected chi connectivity index (χ2v) is 14.4. The molecule has 0 fully saturated rings. The van der Waals surface area contributed by atoms with Crippen molar-refractivity contribution in [2.75, 3.05) is 13.1 Å². The van der Waals surface area contributed by atoms with E-state index in [0.29, 0.717) is 53.2 Å². The van der Waals surface area contributed by atoms with Gasteiger partial charge in [-0.15, -0.1) is 12.4 Å². The first-order chi connectivity index (χ1) is 24.0. The Morgan fingerprint density at radius 3 is 2.10 bits per heavy atom. The van der Waals surface area contributed by atoms with Gasteiger partial charge in [0, 0.05) is 66.4 Å². The molecular formula is C39H45Cl2FN6O2S. The number of aromatic amines is 1. The Morgan fingerprint density at radius 1 is 0.902 bits per heavy atom. The van der Waals surface area contributed by atoms with Crippen LogP contribution in [-0.2, 0) is 23.6 Å². The van der Waals surface area contributed by atoms with E-state index in [2.05, 4.69) is 72.0 Å². The molecule has 2 heterocycles. The normalized spacial score (nSPS) is 12.0. The second-order valence-electron chi connectivity index (χ2n) is 13.0. The van der Waals surface area contributed by atoms with Crippen LogP contribution in [0.15, 0.2) is 101 Å². The minimum absolute atomic E-state index is 0. The molecule has 8 nitrogen and oxygen atoms in total. The Balaban J connectivity index is 0.00000583. The largest absolute Gasteiger partial charge is 0.336 e. The lowest BCUT2D eigenvalue weighted by Gasteiger charge is -2.33. The molecule has 0 bridgehead atoms. The lowest BCUT2D eigenvalue weighted by Crippen LogP contribution is -2.44. The smallest absolute Gasteiger partial charge is 0.277 e. The topological polar surface area (TPSA) is 87.1 Å². The van der Waals surface area contributed by atoms with Gasteiger partial charge in [0.2, 0.25) is 5.91 Å². The summed E-state index contributed by atoms with van der Waals surface area (Å²) in [6, 6.07) is 22.8. The third kappa shape index (κ3) is 10.8. The van der Waals surface area contributed by atoms with E-state index in [1.165, 1.54) is 23.9 Å². The highest BCUT2D eigenvalue weighted by molar-refractivity contribution is 7.98. The molecule has 51 heavy (non-hydrogen) atoms. The number of thioether (sulfide) groups is 1. The third-order valence-corrected chi connectivity index (χ3v) is 10.2. The number of nitrogens with zero attached hydrogens (tertiary/aromatic N) is 5. The summed E-state index contributed by atoms with van der Waals surface area (Å²) < 4.78 is 15.4. The lowest BCUT2D eigenvalue weighted by molar-refractivity contribution is -0.133. The van der Waals surface area contributed by atoms with Crippen LogP contribution < -0.4 is 5.56 Å². The average Bonchev–Trinajstić information content (AvgIpc) is 3.64. The predicted octanol–water partition coefficient (Wildman–Crippen LogP) is 8.44. The van der Waals surface area contributed by atoms with Crippen molar-refractivity contribution in [2.24, 2.45) is 0 Å². The number of carbonyl (C=O) groups is 1. The lowest BCUT2D eigenvalue weighted by atomic mass is 9.98. The van der Waals surface area contributed by atoms with E-state index in [1.54, 1.807) is 35.3 Å². The van der Waals surface area contributed by atoms with Crippen LogP contribution in [0, 0.1) is 5.82 Å². The maximum Gasteiger partial charge on any atom is 0.277 e. The summed E-state index contributed by atoms with van der Waals surface area (Å²) in [4.78, 5) is 36.5. The predicted molar refractivity (Wildman–Crippen MR) is 207 cm³/mol. The van der Waals surface area contributed by atoms with Crippen molar-refractivity contribution >= 4 is 41.7 Å². The van der Waals surface area contributed by atoms with Crippen molar-refractivity contribution in [3.63, 3.8) is 0 Å². The van der Waals surface area contributed by atoms with E-state index in [0.717, 1.165) is 27.8 Å². The maximum absolute atomic E-state index is 14.4. The van der Waals surface area contributed by atoms with Gasteiger partial charge in [0.05, 0.1) is 6.20 Å². The summed E-state index contributed by atoms with van der Waals surface area (Å²) in [5.74, 6) is -0.230. The summed E-state index contributed by atoms with van der Waals surface area (Å²) in [7, 11) is 0. The molecule has 0 aliphatic rings. The molecule has 0 saturated carbocycles. The number of H-pyrrole nitrogens is 1. The molecule has 0 aliphatic heterocycles. The summed E-state index contributed by atoms with van der Waals surface area (Å²) in [5.41, 5.74) is 4.98. The summed E-state index contributed by atoms with van der Waals surface area (Å²) >= 11 is 7.44. The van der Waals surface area contributed by atoms with Crippen LogP contribution in [0.1, 0.15) is 62.8 Å². The molecule has 3 aromatic carbocycles. The van der Waals surface area contributed by atoms with Crippen molar-refractivity contribution in [1.82, 2.24) is 29.5 Å². The quantitative estimate of drug-likeness (QED) is 0.0854. The Bertz CT molecular complexity index is 1890. The van der Waals surface area contributed by atoms with Crippen LogP contribution in [0.25, 0.3) is 11.1 Å². The Kier molecular flexibility index (Phi) is 14.4. The summed E-state index contributed by atoms with van der Waals surface area (Å²) in [5, 5.41) is 7.98. The molecule has 5 aromatic rings. The molecule has 270 valence electrons. The van der Waals surface area contributed by atoms with Gasteiger partial charge in [-0.05, 0) is 79.8 Å². The SMILES string of the molecule is CC(c1cn[nH]c1)c1cn(CC(=O)N(CCN(C(C)C)C(C)C)Cc2ccc(-c3ccc(Cl)cc3)cc2)c(SCc2ccc(F)cc2)nc1=O.Cl. The number of carbonyl (C=O) groups excluding carboxylic acids is 1. The standard InChI is InChI=1S/C39H44ClFN6O2S.ClH/c1-26(2)47(27(3)4)19-18-45(22-29-6-10-31(11-7-29)32-12-14-34(40)15-13-32)37(48)24-46-23-36(28(5)33-20-42-43-21-33)38(49)44-39(46)50-25-30-8-16-35(41)17-9-30;/h6-17,20-21,23,26-28H,18-19,22,24-25H2,1-5H3,(H,42,43);1H. The molecule has 0 spiro atoms. The number of nitrogens with one attached hydrogen (secondary N) is 1. The van der Waals surface area contributed by atoms with E-state index >= 15 is 0 Å². The highest BCUT2D eigenvalue weighted by atomic mass is 35.5. The van der Waals surface area contributed by atoms with Gasteiger partial charge in [-0.2, -0.15) is 10.1 Å². The molecular weight excluding hydrogens is 706 g/mol. The van der Waals surface area contributed by atoms with Crippen LogP contribution in [0.4, 0.5) is 4.39 Å². The monoisotopic (exact) mass is 750 g/mol. The number of amides is 1. The van der Waals surface area contributed by atoms with Crippen LogP contribution >= 0.6 is 35.8 Å². The molecule has 1 N–H and O–H groups in total. The number of hydrogen-bond donors (Lipinski definition) is 1. The minimum Gasteiger partial charge on any atom is -0.336 e. The van der Waals surface area contributed by atoms with E-state index in [-0.39, 0.29) is 42.2 Å². The van der Waals surface area contributed by atoms with Crippen molar-refractivity contribution in [3.05, 3.63) is 135 Å². The molecule has 12 heteroatoms. The summed E-state index contributed by atoms with van der Waals surface area (Å²) in [6.45, 7) is 12.3. The third-order valence-electron chi connectivity index (χ3n) is 8.87. The van der Waals surface area contributed by atoms with Gasteiger partial charge < -0.3 is 9.47 Å². The fraction of sp³-hybridized carbons (Fsp3) is 0.333. The first-order valence-electron chi connectivity index (χ1n) is 16.8. The van der Waals surface area contributed by atoms with E-state index in [4.69, 9.17) is 11.6 Å². The van der Waals surface area contributed by atoms with Crippen molar-refractivity contribution in [1.29, 1.82) is 0 Å². The van der Waals surface area contributed by atoms with Crippen molar-refractivity contribution in [3.8, 4) is 11.1 Å². The second kappa shape index (κ2) is 18.5. The number of hydrogen-bond acceptors (Lipinski definition) is 6. The van der Waals surface area contributed by atoms with Crippen LogP contribution in [-0.4, -0.2) is 60.6 Å². The Morgan fingerprint density at radius 2 is 1.51 bits per heavy atom. The molecule has 2 aromatic heterocycles. The Hall–Kier alpha value is -3.96. The first-order valence-corrected chi connectivity index (χ1v) is 18.2. The average molecular weight is 752 g/mol. The van der Waals surface area contributed by atoms with Gasteiger partial charge in [0.15, 0.2) is 5.16 Å². The van der Waals surface area contributed by atoms with Gasteiger partial charge in [-0.25, -0.2) is 4.39 Å². The number of aromatic nitrogens is 4. The zero-order valence-electron chi connectivity index (χ0n) is 29.6. The molecule has 0 radical (unpaired) electrons. The van der Waals surface area contributed by atoms with E-state index in [9.17, 15) is 14.0 Å². The highest BCUT2D eigenvalue weighted by Crippen LogP contribution is 2.26. The van der Waals surface area contributed by atoms with Crippen LogP contribution in [0.3, 0.4) is 0 Å². The zero-order valence-corrected chi connectivity index (χ0v) is 31.9. The fourth-order valence-electron chi connectivity index (χ4n) is 5.98. The zero-order chi connectivity index (χ0) is 35.8. The number of halogens is 3. The van der Waals surface area contributed by atoms with Gasteiger partial charge in [-0.1, -0.05) is 78.8 Å². The minimum atomic E-state index is -0.355. The van der Waals surface area contributed by atoms with E-state index < -0.39 is 0 Å². The Labute approximate surface area is 314 Å². The molecule has 1 unspecified atom stereocenters. The molecule has 1 amide bonds. The van der Waals surface area contributed by atoms with Gasteiger partial charge in [0.25, 0.3) is 5.56 Å². The summed E-state index contributed by atoms with van der Waals surface area (Å²) in [6.07, 6.45) is 5.20.